The molecule has 2 rings (SSSR count). The highest BCUT2D eigenvalue weighted by Crippen LogP contribution is 2.21. The number of amides is 1. The van der Waals surface area contributed by atoms with E-state index in [1.807, 2.05) is 18.7 Å². The molecule has 24 heavy (non-hydrogen) atoms. The summed E-state index contributed by atoms with van der Waals surface area (Å²) < 4.78 is 0. The summed E-state index contributed by atoms with van der Waals surface area (Å²) in [4.78, 5) is 18.7. The fourth-order valence-electron chi connectivity index (χ4n) is 3.09. The van der Waals surface area contributed by atoms with E-state index in [2.05, 4.69) is 46.0 Å². The number of nitrogens with zero attached hydrogens (tertiary/aromatic N) is 2. The molecule has 1 aliphatic heterocycles. The molecule has 1 heterocycles. The van der Waals surface area contributed by atoms with Crippen LogP contribution in [-0.2, 0) is 11.2 Å². The van der Waals surface area contributed by atoms with Gasteiger partial charge >= 0.3 is 0 Å². The number of hydrogen-bond acceptors (Lipinski definition) is 2. The molecule has 1 fully saturated rings. The van der Waals surface area contributed by atoms with Gasteiger partial charge in [0.15, 0.2) is 5.96 Å². The third-order valence-electron chi connectivity index (χ3n) is 4.40. The lowest BCUT2D eigenvalue weighted by Gasteiger charge is -2.31. The van der Waals surface area contributed by atoms with E-state index in [0.717, 1.165) is 45.4 Å². The summed E-state index contributed by atoms with van der Waals surface area (Å²) in [5, 5.41) is 6.29. The van der Waals surface area contributed by atoms with Crippen molar-refractivity contribution in [3.8, 4) is 0 Å². The molecule has 0 atom stereocenters. The SMILES string of the molecule is CCNC(=NCC(=O)N1CCC(Cc2ccccc2)CC1)NCC. The topological polar surface area (TPSA) is 56.7 Å². The number of aliphatic imine (C=N–C) groups is 1. The van der Waals surface area contributed by atoms with Crippen LogP contribution in [0, 0.1) is 5.92 Å². The van der Waals surface area contributed by atoms with Crippen molar-refractivity contribution in [1.29, 1.82) is 0 Å². The minimum Gasteiger partial charge on any atom is -0.357 e. The van der Waals surface area contributed by atoms with Gasteiger partial charge in [-0.15, -0.1) is 0 Å². The first-order chi connectivity index (χ1) is 11.7. The molecule has 0 radical (unpaired) electrons. The van der Waals surface area contributed by atoms with Crippen LogP contribution in [0.15, 0.2) is 35.3 Å². The summed E-state index contributed by atoms with van der Waals surface area (Å²) in [7, 11) is 0. The molecule has 0 aliphatic carbocycles. The summed E-state index contributed by atoms with van der Waals surface area (Å²) >= 11 is 0. The highest BCUT2D eigenvalue weighted by Gasteiger charge is 2.22. The minimum atomic E-state index is 0.126. The van der Waals surface area contributed by atoms with Gasteiger partial charge in [0.25, 0.3) is 0 Å². The van der Waals surface area contributed by atoms with Gasteiger partial charge in [0, 0.05) is 26.2 Å². The van der Waals surface area contributed by atoms with Gasteiger partial charge in [0.05, 0.1) is 0 Å². The predicted molar refractivity (Wildman–Crippen MR) is 99.1 cm³/mol. The van der Waals surface area contributed by atoms with Crippen molar-refractivity contribution in [2.75, 3.05) is 32.7 Å². The van der Waals surface area contributed by atoms with Crippen LogP contribution in [-0.4, -0.2) is 49.5 Å². The van der Waals surface area contributed by atoms with E-state index in [0.29, 0.717) is 11.9 Å². The Balaban J connectivity index is 1.76. The Morgan fingerprint density at radius 3 is 2.33 bits per heavy atom. The van der Waals surface area contributed by atoms with Crippen molar-refractivity contribution in [2.45, 2.75) is 33.1 Å². The molecule has 1 saturated heterocycles. The fraction of sp³-hybridized carbons (Fsp3) is 0.579. The minimum absolute atomic E-state index is 0.126. The number of piperidine rings is 1. The summed E-state index contributed by atoms with van der Waals surface area (Å²) in [6, 6.07) is 10.6. The molecule has 1 aliphatic rings. The maximum Gasteiger partial charge on any atom is 0.244 e. The second kappa shape index (κ2) is 9.96. The van der Waals surface area contributed by atoms with Crippen molar-refractivity contribution in [3.63, 3.8) is 0 Å². The van der Waals surface area contributed by atoms with Crippen molar-refractivity contribution in [2.24, 2.45) is 10.9 Å². The molecule has 1 aromatic carbocycles. The van der Waals surface area contributed by atoms with Crippen molar-refractivity contribution >= 4 is 11.9 Å². The maximum atomic E-state index is 12.3. The van der Waals surface area contributed by atoms with Gasteiger partial charge in [-0.05, 0) is 44.6 Å². The Kier molecular flexibility index (Phi) is 7.59. The Hall–Kier alpha value is -2.04. The molecule has 1 aromatic rings. The van der Waals surface area contributed by atoms with Gasteiger partial charge in [-0.3, -0.25) is 4.79 Å². The smallest absolute Gasteiger partial charge is 0.244 e. The Morgan fingerprint density at radius 2 is 1.75 bits per heavy atom. The molecular weight excluding hydrogens is 300 g/mol. The molecule has 1 amide bonds. The summed E-state index contributed by atoms with van der Waals surface area (Å²) in [6.07, 6.45) is 3.28. The molecule has 2 N–H and O–H groups in total. The van der Waals surface area contributed by atoms with E-state index in [1.54, 1.807) is 0 Å². The maximum absolute atomic E-state index is 12.3. The summed E-state index contributed by atoms with van der Waals surface area (Å²) in [6.45, 7) is 7.56. The third-order valence-corrected chi connectivity index (χ3v) is 4.40. The molecule has 0 bridgehead atoms. The molecule has 0 aromatic heterocycles. The quantitative estimate of drug-likeness (QED) is 0.620. The van der Waals surface area contributed by atoms with E-state index in [-0.39, 0.29) is 12.5 Å². The molecule has 132 valence electrons. The van der Waals surface area contributed by atoms with Gasteiger partial charge < -0.3 is 15.5 Å². The predicted octanol–water partition coefficient (Wildman–Crippen LogP) is 2.04. The van der Waals surface area contributed by atoms with Gasteiger partial charge in [0.1, 0.15) is 6.54 Å². The van der Waals surface area contributed by atoms with Gasteiger partial charge in [-0.2, -0.15) is 0 Å². The van der Waals surface area contributed by atoms with E-state index >= 15 is 0 Å². The standard InChI is InChI=1S/C19H30N4O/c1-3-20-19(21-4-2)22-15-18(24)23-12-10-17(11-13-23)14-16-8-6-5-7-9-16/h5-9,17H,3-4,10-15H2,1-2H3,(H2,20,21,22). The van der Waals surface area contributed by atoms with Crippen molar-refractivity contribution in [3.05, 3.63) is 35.9 Å². The zero-order valence-corrected chi connectivity index (χ0v) is 14.9. The van der Waals surface area contributed by atoms with Crippen LogP contribution in [0.5, 0.6) is 0 Å². The average Bonchev–Trinajstić information content (AvgIpc) is 2.61. The number of rotatable bonds is 6. The molecule has 0 saturated carbocycles. The van der Waals surface area contributed by atoms with Crippen molar-refractivity contribution < 1.29 is 4.79 Å². The highest BCUT2D eigenvalue weighted by atomic mass is 16.2. The van der Waals surface area contributed by atoms with Crippen LogP contribution in [0.3, 0.4) is 0 Å². The number of hydrogen-bond donors (Lipinski definition) is 2. The van der Waals surface area contributed by atoms with Crippen LogP contribution in [0.1, 0.15) is 32.3 Å². The Bertz CT molecular complexity index is 513. The molecule has 0 spiro atoms. The monoisotopic (exact) mass is 330 g/mol. The zero-order chi connectivity index (χ0) is 17.2. The fourth-order valence-corrected chi connectivity index (χ4v) is 3.09. The van der Waals surface area contributed by atoms with Gasteiger partial charge in [-0.1, -0.05) is 30.3 Å². The lowest BCUT2D eigenvalue weighted by Crippen LogP contribution is -2.42. The third kappa shape index (κ3) is 5.87. The van der Waals surface area contributed by atoms with Crippen molar-refractivity contribution in [1.82, 2.24) is 15.5 Å². The number of benzene rings is 1. The molecule has 5 heteroatoms. The number of guanidine groups is 1. The van der Waals surface area contributed by atoms with E-state index < -0.39 is 0 Å². The second-order valence-electron chi connectivity index (χ2n) is 6.24. The number of likely N-dealkylation sites (tertiary alicyclic amines) is 1. The normalized spacial score (nSPS) is 15.0. The largest absolute Gasteiger partial charge is 0.357 e. The van der Waals surface area contributed by atoms with Gasteiger partial charge in [-0.25, -0.2) is 4.99 Å². The van der Waals surface area contributed by atoms with E-state index in [9.17, 15) is 4.79 Å². The Labute approximate surface area is 145 Å². The van der Waals surface area contributed by atoms with E-state index in [1.165, 1.54) is 5.56 Å². The molecular formula is C19H30N4O. The molecule has 0 unspecified atom stereocenters. The first kappa shape index (κ1) is 18.3. The Morgan fingerprint density at radius 1 is 1.12 bits per heavy atom. The van der Waals surface area contributed by atoms with Crippen LogP contribution in [0.2, 0.25) is 0 Å². The summed E-state index contributed by atoms with van der Waals surface area (Å²) in [5.41, 5.74) is 1.40. The lowest BCUT2D eigenvalue weighted by atomic mass is 9.90. The lowest BCUT2D eigenvalue weighted by molar-refractivity contribution is -0.130. The number of carbonyl (C=O) groups excluding carboxylic acids is 1. The highest BCUT2D eigenvalue weighted by molar-refractivity contribution is 5.84. The number of nitrogens with one attached hydrogen (secondary N) is 2. The second-order valence-corrected chi connectivity index (χ2v) is 6.24. The average molecular weight is 330 g/mol. The van der Waals surface area contributed by atoms with Crippen LogP contribution in [0.4, 0.5) is 0 Å². The molecule has 5 nitrogen and oxygen atoms in total. The first-order valence-electron chi connectivity index (χ1n) is 9.06. The van der Waals surface area contributed by atoms with Crippen LogP contribution in [0.25, 0.3) is 0 Å². The number of carbonyl (C=O) groups is 1. The van der Waals surface area contributed by atoms with Crippen LogP contribution < -0.4 is 10.6 Å². The first-order valence-corrected chi connectivity index (χ1v) is 9.06. The summed E-state index contributed by atoms with van der Waals surface area (Å²) in [5.74, 6) is 1.52. The van der Waals surface area contributed by atoms with Gasteiger partial charge in [0.2, 0.25) is 5.91 Å². The zero-order valence-electron chi connectivity index (χ0n) is 14.9. The van der Waals surface area contributed by atoms with Crippen LogP contribution >= 0.6 is 0 Å². The van der Waals surface area contributed by atoms with E-state index in [4.69, 9.17) is 0 Å².